The molecule has 0 spiro atoms. The molecule has 1 aliphatic heterocycles. The highest BCUT2D eigenvalue weighted by atomic mass is 15.4. The van der Waals surface area contributed by atoms with Crippen LogP contribution in [0.3, 0.4) is 0 Å². The standard InChI is InChI=1S/C16H23N5/c1-2-20-11-13(10-18-20)15-7-8-17-16-9-14(19-21(15)16)12-5-3-4-6-12/h9-12,15,17H,2-8H2,1H3. The van der Waals surface area contributed by atoms with E-state index in [0.29, 0.717) is 12.0 Å². The summed E-state index contributed by atoms with van der Waals surface area (Å²) in [7, 11) is 0. The Bertz CT molecular complexity index is 620. The summed E-state index contributed by atoms with van der Waals surface area (Å²) in [6.45, 7) is 4.05. The first-order valence-corrected chi connectivity index (χ1v) is 8.21. The van der Waals surface area contributed by atoms with Gasteiger partial charge in [-0.2, -0.15) is 10.2 Å². The van der Waals surface area contributed by atoms with E-state index in [1.807, 2.05) is 10.9 Å². The Balaban J connectivity index is 1.66. The predicted octanol–water partition coefficient (Wildman–Crippen LogP) is 3.16. The molecule has 0 amide bonds. The van der Waals surface area contributed by atoms with E-state index < -0.39 is 0 Å². The molecular formula is C16H23N5. The Morgan fingerprint density at radius 3 is 2.90 bits per heavy atom. The quantitative estimate of drug-likeness (QED) is 0.942. The van der Waals surface area contributed by atoms with Gasteiger partial charge in [-0.25, -0.2) is 4.68 Å². The molecule has 1 saturated carbocycles. The Labute approximate surface area is 125 Å². The van der Waals surface area contributed by atoms with Crippen molar-refractivity contribution in [1.82, 2.24) is 19.6 Å². The van der Waals surface area contributed by atoms with Gasteiger partial charge < -0.3 is 5.32 Å². The largest absolute Gasteiger partial charge is 0.370 e. The fourth-order valence-electron chi connectivity index (χ4n) is 3.70. The third-order valence-corrected chi connectivity index (χ3v) is 4.91. The third-order valence-electron chi connectivity index (χ3n) is 4.91. The van der Waals surface area contributed by atoms with Crippen LogP contribution in [0.5, 0.6) is 0 Å². The topological polar surface area (TPSA) is 47.7 Å². The average molecular weight is 285 g/mol. The predicted molar refractivity (Wildman–Crippen MR) is 82.6 cm³/mol. The Kier molecular flexibility index (Phi) is 3.20. The van der Waals surface area contributed by atoms with E-state index in [4.69, 9.17) is 5.10 Å². The zero-order valence-corrected chi connectivity index (χ0v) is 12.6. The molecule has 0 saturated heterocycles. The summed E-state index contributed by atoms with van der Waals surface area (Å²) in [5, 5.41) is 12.9. The van der Waals surface area contributed by atoms with Gasteiger partial charge in [-0.05, 0) is 26.2 Å². The molecule has 112 valence electrons. The van der Waals surface area contributed by atoms with Gasteiger partial charge in [-0.1, -0.05) is 12.8 Å². The number of anilines is 1. The lowest BCUT2D eigenvalue weighted by atomic mass is 10.0. The monoisotopic (exact) mass is 285 g/mol. The maximum atomic E-state index is 4.94. The SMILES string of the molecule is CCn1cc(C2CCNc3cc(C4CCCC4)nn32)cn1. The lowest BCUT2D eigenvalue weighted by molar-refractivity contribution is 0.473. The third kappa shape index (κ3) is 2.24. The van der Waals surface area contributed by atoms with Crippen LogP contribution < -0.4 is 5.32 Å². The average Bonchev–Trinajstić information content (AvgIpc) is 3.24. The van der Waals surface area contributed by atoms with Gasteiger partial charge in [0, 0.05) is 36.8 Å². The van der Waals surface area contributed by atoms with Crippen molar-refractivity contribution >= 4 is 5.82 Å². The highest BCUT2D eigenvalue weighted by Gasteiger charge is 2.27. The molecule has 2 aliphatic rings. The van der Waals surface area contributed by atoms with Gasteiger partial charge in [-0.15, -0.1) is 0 Å². The summed E-state index contributed by atoms with van der Waals surface area (Å²) in [5.74, 6) is 1.85. The molecule has 1 unspecified atom stereocenters. The maximum Gasteiger partial charge on any atom is 0.125 e. The van der Waals surface area contributed by atoms with Crippen LogP contribution in [-0.2, 0) is 6.54 Å². The number of hydrogen-bond donors (Lipinski definition) is 1. The number of aryl methyl sites for hydroxylation is 1. The molecule has 1 fully saturated rings. The Morgan fingerprint density at radius 2 is 2.14 bits per heavy atom. The van der Waals surface area contributed by atoms with Crippen LogP contribution in [0.2, 0.25) is 0 Å². The zero-order chi connectivity index (χ0) is 14.2. The highest BCUT2D eigenvalue weighted by Crippen LogP contribution is 2.37. The molecule has 0 radical (unpaired) electrons. The molecule has 0 bridgehead atoms. The number of nitrogens with one attached hydrogen (secondary N) is 1. The molecule has 3 heterocycles. The second-order valence-electron chi connectivity index (χ2n) is 6.24. The summed E-state index contributed by atoms with van der Waals surface area (Å²) in [6.07, 6.45) is 10.6. The van der Waals surface area contributed by atoms with Crippen molar-refractivity contribution < 1.29 is 0 Å². The van der Waals surface area contributed by atoms with Crippen molar-refractivity contribution in [2.24, 2.45) is 0 Å². The molecule has 5 heteroatoms. The van der Waals surface area contributed by atoms with Crippen LogP contribution in [0.25, 0.3) is 0 Å². The molecule has 1 atom stereocenters. The first-order valence-electron chi connectivity index (χ1n) is 8.21. The molecule has 0 aromatic carbocycles. The van der Waals surface area contributed by atoms with E-state index in [1.165, 1.54) is 42.8 Å². The van der Waals surface area contributed by atoms with Crippen LogP contribution in [0.1, 0.15) is 62.2 Å². The summed E-state index contributed by atoms with van der Waals surface area (Å²) in [6, 6.07) is 2.60. The van der Waals surface area contributed by atoms with E-state index in [0.717, 1.165) is 19.5 Å². The number of rotatable bonds is 3. The number of fused-ring (bicyclic) bond motifs is 1. The van der Waals surface area contributed by atoms with E-state index in [9.17, 15) is 0 Å². The van der Waals surface area contributed by atoms with Gasteiger partial charge in [-0.3, -0.25) is 4.68 Å². The first-order chi connectivity index (χ1) is 10.3. The molecule has 1 aliphatic carbocycles. The molecule has 2 aromatic rings. The minimum absolute atomic E-state index is 0.330. The van der Waals surface area contributed by atoms with Crippen molar-refractivity contribution in [2.75, 3.05) is 11.9 Å². The molecule has 2 aromatic heterocycles. The number of aromatic nitrogens is 4. The van der Waals surface area contributed by atoms with Crippen LogP contribution >= 0.6 is 0 Å². The maximum absolute atomic E-state index is 4.94. The molecular weight excluding hydrogens is 262 g/mol. The van der Waals surface area contributed by atoms with Gasteiger partial charge in [0.25, 0.3) is 0 Å². The summed E-state index contributed by atoms with van der Waals surface area (Å²) in [5.41, 5.74) is 2.56. The fourth-order valence-corrected chi connectivity index (χ4v) is 3.70. The summed E-state index contributed by atoms with van der Waals surface area (Å²) < 4.78 is 4.19. The van der Waals surface area contributed by atoms with Gasteiger partial charge in [0.1, 0.15) is 5.82 Å². The Hall–Kier alpha value is -1.78. The fraction of sp³-hybridized carbons (Fsp3) is 0.625. The molecule has 1 N–H and O–H groups in total. The van der Waals surface area contributed by atoms with E-state index in [2.05, 4.69) is 34.3 Å². The number of hydrogen-bond acceptors (Lipinski definition) is 3. The second-order valence-corrected chi connectivity index (χ2v) is 6.24. The van der Waals surface area contributed by atoms with Crippen molar-refractivity contribution in [3.05, 3.63) is 29.7 Å². The minimum Gasteiger partial charge on any atom is -0.370 e. The van der Waals surface area contributed by atoms with Gasteiger partial charge in [0.05, 0.1) is 17.9 Å². The van der Waals surface area contributed by atoms with Gasteiger partial charge in [0.2, 0.25) is 0 Å². The van der Waals surface area contributed by atoms with Crippen LogP contribution in [0.15, 0.2) is 18.5 Å². The van der Waals surface area contributed by atoms with Gasteiger partial charge >= 0.3 is 0 Å². The summed E-state index contributed by atoms with van der Waals surface area (Å²) >= 11 is 0. The summed E-state index contributed by atoms with van der Waals surface area (Å²) in [4.78, 5) is 0. The molecule has 5 nitrogen and oxygen atoms in total. The van der Waals surface area contributed by atoms with Crippen molar-refractivity contribution in [1.29, 1.82) is 0 Å². The lowest BCUT2D eigenvalue weighted by Gasteiger charge is -2.24. The smallest absolute Gasteiger partial charge is 0.125 e. The lowest BCUT2D eigenvalue weighted by Crippen LogP contribution is -2.24. The van der Waals surface area contributed by atoms with E-state index in [1.54, 1.807) is 0 Å². The molecule has 21 heavy (non-hydrogen) atoms. The first kappa shape index (κ1) is 12.9. The minimum atomic E-state index is 0.330. The zero-order valence-electron chi connectivity index (χ0n) is 12.6. The van der Waals surface area contributed by atoms with Crippen LogP contribution in [0, 0.1) is 0 Å². The van der Waals surface area contributed by atoms with Crippen LogP contribution in [-0.4, -0.2) is 26.1 Å². The van der Waals surface area contributed by atoms with E-state index >= 15 is 0 Å². The van der Waals surface area contributed by atoms with Crippen molar-refractivity contribution in [3.8, 4) is 0 Å². The highest BCUT2D eigenvalue weighted by molar-refractivity contribution is 5.42. The molecule has 4 rings (SSSR count). The van der Waals surface area contributed by atoms with Crippen molar-refractivity contribution in [2.45, 2.75) is 57.5 Å². The normalized spacial score (nSPS) is 22.2. The van der Waals surface area contributed by atoms with E-state index in [-0.39, 0.29) is 0 Å². The van der Waals surface area contributed by atoms with Gasteiger partial charge in [0.15, 0.2) is 0 Å². The number of nitrogens with zero attached hydrogens (tertiary/aromatic N) is 4. The second kappa shape index (κ2) is 5.20. The Morgan fingerprint density at radius 1 is 1.29 bits per heavy atom. The van der Waals surface area contributed by atoms with Crippen molar-refractivity contribution in [3.63, 3.8) is 0 Å². The van der Waals surface area contributed by atoms with Crippen LogP contribution in [0.4, 0.5) is 5.82 Å².